The smallest absolute Gasteiger partial charge is 0.314 e. The summed E-state index contributed by atoms with van der Waals surface area (Å²) in [5.74, 6) is -7.37. The molecule has 1 aliphatic carbocycles. The SMILES string of the molecule is CCC/C=C/C=C/C=C/CC1CC(C)OC(C)(C(=O)NC(C)CCC(N)=O)OC(=O)C2CC(CCC2O)NC(=O)C(C(C)C)NC(=O)C(CC(C)C)NC(=O)CO1. The zero-order chi connectivity index (χ0) is 42.7. The first-order chi connectivity index (χ1) is 26.8. The van der Waals surface area contributed by atoms with Gasteiger partial charge in [-0.2, -0.15) is 0 Å². The Morgan fingerprint density at radius 1 is 0.965 bits per heavy atom. The maximum absolute atomic E-state index is 13.9. The lowest BCUT2D eigenvalue weighted by molar-refractivity contribution is -0.242. The predicted molar refractivity (Wildman–Crippen MR) is 216 cm³/mol. The molecule has 2 aliphatic rings. The van der Waals surface area contributed by atoms with Crippen LogP contribution in [0.3, 0.4) is 0 Å². The fraction of sp³-hybridized carbons (Fsp3) is 0.714. The molecule has 2 bridgehead atoms. The molecular formula is C42H69N5O10. The lowest BCUT2D eigenvalue weighted by Crippen LogP contribution is -2.58. The number of aliphatic hydroxyl groups excluding tert-OH is 1. The number of amides is 5. The van der Waals surface area contributed by atoms with Gasteiger partial charge in [0.25, 0.3) is 11.7 Å². The van der Waals surface area contributed by atoms with Gasteiger partial charge in [0, 0.05) is 25.4 Å². The number of hydrogen-bond acceptors (Lipinski definition) is 10. The standard InChI is InChI=1S/C42H69N5O10/c1-9-10-11-12-13-14-15-16-17-31-23-29(7)56-42(8,41(54)44-28(6)18-21-35(43)49)57-40(53)32-24-30(19-20-34(32)48)45-39(52)37(27(4)5)47-38(51)33(22-26(2)3)46-36(50)25-55-31/h11-16,26-34,37,48H,9-10,17-25H2,1-8H3,(H2,43,49)(H,44,54)(H,45,52)(H,46,50)(H,47,51)/b12-11+,14-13+,16-15+. The molecule has 15 nitrogen and oxygen atoms in total. The Hall–Kier alpha value is -4.08. The van der Waals surface area contributed by atoms with Crippen LogP contribution in [0.15, 0.2) is 36.5 Å². The first-order valence-electron chi connectivity index (χ1n) is 20.5. The Kier molecular flexibility index (Phi) is 21.2. The van der Waals surface area contributed by atoms with Crippen LogP contribution in [0.5, 0.6) is 0 Å². The number of ether oxygens (including phenoxy) is 3. The highest BCUT2D eigenvalue weighted by atomic mass is 16.7. The predicted octanol–water partition coefficient (Wildman–Crippen LogP) is 3.39. The third kappa shape index (κ3) is 17.9. The number of carbonyl (C=O) groups is 6. The molecule has 0 aromatic heterocycles. The van der Waals surface area contributed by atoms with E-state index in [-0.39, 0.29) is 43.9 Å². The minimum Gasteiger partial charge on any atom is -0.423 e. The molecule has 1 aliphatic heterocycles. The molecule has 0 radical (unpaired) electrons. The summed E-state index contributed by atoms with van der Waals surface area (Å²) in [6, 6.07) is -3.01. The van der Waals surface area contributed by atoms with E-state index in [1.807, 2.05) is 44.2 Å². The van der Waals surface area contributed by atoms with Crippen molar-refractivity contribution in [3.8, 4) is 0 Å². The van der Waals surface area contributed by atoms with E-state index in [0.29, 0.717) is 19.3 Å². The fourth-order valence-electron chi connectivity index (χ4n) is 6.74. The summed E-state index contributed by atoms with van der Waals surface area (Å²) < 4.78 is 18.2. The summed E-state index contributed by atoms with van der Waals surface area (Å²) >= 11 is 0. The Morgan fingerprint density at radius 3 is 2.28 bits per heavy atom. The summed E-state index contributed by atoms with van der Waals surface area (Å²) in [4.78, 5) is 79.8. The maximum atomic E-state index is 13.9. The number of hydrogen-bond donors (Lipinski definition) is 6. The molecule has 2 rings (SSSR count). The van der Waals surface area contributed by atoms with Gasteiger partial charge in [-0.3, -0.25) is 28.8 Å². The molecule has 57 heavy (non-hydrogen) atoms. The molecular weight excluding hydrogens is 734 g/mol. The van der Waals surface area contributed by atoms with E-state index in [2.05, 4.69) is 34.3 Å². The third-order valence-corrected chi connectivity index (χ3v) is 9.91. The average Bonchev–Trinajstić information content (AvgIpc) is 3.12. The van der Waals surface area contributed by atoms with Crippen molar-refractivity contribution >= 4 is 35.5 Å². The molecule has 0 aromatic carbocycles. The van der Waals surface area contributed by atoms with Crippen LogP contribution in [0.2, 0.25) is 0 Å². The number of fused-ring (bicyclic) bond motifs is 2. The topological polar surface area (TPSA) is 224 Å². The second kappa shape index (κ2) is 24.6. The monoisotopic (exact) mass is 804 g/mol. The van der Waals surface area contributed by atoms with Crippen molar-refractivity contribution in [1.82, 2.24) is 21.3 Å². The van der Waals surface area contributed by atoms with Gasteiger partial charge in [-0.15, -0.1) is 0 Å². The van der Waals surface area contributed by atoms with Crippen molar-refractivity contribution in [2.75, 3.05) is 6.61 Å². The van der Waals surface area contributed by atoms with Gasteiger partial charge in [0.1, 0.15) is 18.7 Å². The number of allylic oxidation sites excluding steroid dienone is 5. The van der Waals surface area contributed by atoms with Gasteiger partial charge in [-0.05, 0) is 77.0 Å². The quantitative estimate of drug-likeness (QED) is 0.111. The molecule has 5 amide bonds. The van der Waals surface area contributed by atoms with Crippen molar-refractivity contribution in [1.29, 1.82) is 0 Å². The van der Waals surface area contributed by atoms with Gasteiger partial charge in [0.05, 0.1) is 24.2 Å². The fourth-order valence-corrected chi connectivity index (χ4v) is 6.74. The normalized spacial score (nSPS) is 29.6. The van der Waals surface area contributed by atoms with Crippen molar-refractivity contribution in [2.24, 2.45) is 23.5 Å². The van der Waals surface area contributed by atoms with E-state index in [4.69, 9.17) is 19.9 Å². The zero-order valence-electron chi connectivity index (χ0n) is 35.2. The molecule has 1 heterocycles. The number of nitrogens with one attached hydrogen (secondary N) is 4. The van der Waals surface area contributed by atoms with Crippen LogP contribution in [0, 0.1) is 17.8 Å². The van der Waals surface area contributed by atoms with Crippen LogP contribution in [0.4, 0.5) is 0 Å². The lowest BCUT2D eigenvalue weighted by Gasteiger charge is -2.37. The number of cyclic esters (lactones) is 1. The zero-order valence-corrected chi connectivity index (χ0v) is 35.2. The summed E-state index contributed by atoms with van der Waals surface area (Å²) in [5, 5.41) is 22.3. The Morgan fingerprint density at radius 2 is 1.65 bits per heavy atom. The summed E-state index contributed by atoms with van der Waals surface area (Å²) in [6.07, 6.45) is 12.6. The second-order valence-electron chi connectivity index (χ2n) is 16.3. The first-order valence-corrected chi connectivity index (χ1v) is 20.5. The number of rotatable bonds is 14. The summed E-state index contributed by atoms with van der Waals surface area (Å²) in [6.45, 7) is 13.8. The second-order valence-corrected chi connectivity index (χ2v) is 16.3. The van der Waals surface area contributed by atoms with Gasteiger partial charge >= 0.3 is 5.97 Å². The van der Waals surface area contributed by atoms with Gasteiger partial charge in [0.15, 0.2) is 0 Å². The minimum absolute atomic E-state index is 0.00386. The van der Waals surface area contributed by atoms with Gasteiger partial charge in [0.2, 0.25) is 23.6 Å². The number of carbonyl (C=O) groups excluding carboxylic acids is 6. The molecule has 9 atom stereocenters. The number of nitrogens with two attached hydrogens (primary N) is 1. The van der Waals surface area contributed by atoms with E-state index < -0.39 is 96.3 Å². The van der Waals surface area contributed by atoms with Crippen LogP contribution < -0.4 is 27.0 Å². The molecule has 322 valence electrons. The highest BCUT2D eigenvalue weighted by Crippen LogP contribution is 2.30. The largest absolute Gasteiger partial charge is 0.423 e. The first kappa shape index (κ1) is 49.1. The van der Waals surface area contributed by atoms with Gasteiger partial charge in [-0.1, -0.05) is 77.5 Å². The van der Waals surface area contributed by atoms with E-state index in [1.165, 1.54) is 6.92 Å². The molecule has 1 saturated heterocycles. The summed E-state index contributed by atoms with van der Waals surface area (Å²) in [5.41, 5.74) is 5.31. The van der Waals surface area contributed by atoms with Crippen LogP contribution in [-0.4, -0.2) is 95.5 Å². The van der Waals surface area contributed by atoms with E-state index in [0.717, 1.165) is 12.8 Å². The maximum Gasteiger partial charge on any atom is 0.314 e. The van der Waals surface area contributed by atoms with E-state index in [1.54, 1.807) is 27.7 Å². The van der Waals surface area contributed by atoms with Crippen LogP contribution in [0.1, 0.15) is 120 Å². The number of aliphatic hydroxyl groups is 1. The lowest BCUT2D eigenvalue weighted by atomic mass is 9.83. The molecule has 2 fully saturated rings. The van der Waals surface area contributed by atoms with Gasteiger partial charge in [-0.25, -0.2) is 0 Å². The Labute approximate surface area is 338 Å². The highest BCUT2D eigenvalue weighted by Gasteiger charge is 2.45. The van der Waals surface area contributed by atoms with Gasteiger partial charge < -0.3 is 46.3 Å². The van der Waals surface area contributed by atoms with E-state index in [9.17, 15) is 33.9 Å². The Balaban J connectivity index is 2.54. The molecule has 1 saturated carbocycles. The van der Waals surface area contributed by atoms with Crippen LogP contribution in [-0.2, 0) is 43.0 Å². The molecule has 7 N–H and O–H groups in total. The number of esters is 1. The molecule has 15 heteroatoms. The van der Waals surface area contributed by atoms with Crippen LogP contribution in [0.25, 0.3) is 0 Å². The van der Waals surface area contributed by atoms with Crippen LogP contribution >= 0.6 is 0 Å². The molecule has 0 aromatic rings. The van der Waals surface area contributed by atoms with Crippen molar-refractivity contribution in [3.63, 3.8) is 0 Å². The Bertz CT molecular complexity index is 1430. The molecule has 0 spiro atoms. The minimum atomic E-state index is -2.20. The van der Waals surface area contributed by atoms with Crippen molar-refractivity contribution in [3.05, 3.63) is 36.5 Å². The number of unbranched alkanes of at least 4 members (excludes halogenated alkanes) is 1. The highest BCUT2D eigenvalue weighted by molar-refractivity contribution is 5.92. The van der Waals surface area contributed by atoms with Crippen molar-refractivity contribution in [2.45, 2.75) is 168 Å². The summed E-state index contributed by atoms with van der Waals surface area (Å²) in [7, 11) is 0. The van der Waals surface area contributed by atoms with Crippen molar-refractivity contribution < 1.29 is 48.1 Å². The average molecular weight is 804 g/mol. The van der Waals surface area contributed by atoms with E-state index >= 15 is 0 Å². The molecule has 9 unspecified atom stereocenters. The number of primary amides is 1. The third-order valence-electron chi connectivity index (χ3n) is 9.91.